The van der Waals surface area contributed by atoms with Crippen LogP contribution in [-0.2, 0) is 16.0 Å². The van der Waals surface area contributed by atoms with E-state index in [1.54, 1.807) is 27.7 Å². The summed E-state index contributed by atoms with van der Waals surface area (Å²) in [6.07, 6.45) is 0.220. The summed E-state index contributed by atoms with van der Waals surface area (Å²) >= 11 is 0. The van der Waals surface area contributed by atoms with Crippen molar-refractivity contribution < 1.29 is 49.0 Å². The Morgan fingerprint density at radius 1 is 1.00 bits per heavy atom. The van der Waals surface area contributed by atoms with Crippen LogP contribution in [0.4, 0.5) is 4.79 Å². The van der Waals surface area contributed by atoms with Crippen LogP contribution in [0.2, 0.25) is 0 Å². The first-order chi connectivity index (χ1) is 13.1. The number of rotatable bonds is 7. The Labute approximate surface area is 195 Å². The smallest absolute Gasteiger partial charge is 0.550 e. The third kappa shape index (κ3) is 9.03. The molecule has 0 unspecified atom stereocenters. The van der Waals surface area contributed by atoms with Crippen LogP contribution in [-0.4, -0.2) is 23.7 Å². The van der Waals surface area contributed by atoms with Crippen LogP contribution in [0, 0.1) is 5.92 Å². The van der Waals surface area contributed by atoms with Crippen molar-refractivity contribution in [1.82, 2.24) is 5.32 Å². The van der Waals surface area contributed by atoms with Crippen LogP contribution in [0.5, 0.6) is 0 Å². The third-order valence-electron chi connectivity index (χ3n) is 4.30. The number of hydrogen-bond donors (Lipinski definition) is 1. The molecule has 2 aromatic rings. The number of carboxylic acids is 1. The maximum Gasteiger partial charge on any atom is 1.00 e. The molecular formula is C23H28NNaO4. The molecule has 0 aromatic heterocycles. The first kappa shape index (κ1) is 25.2. The number of aliphatic carboxylic acids is 1. The molecule has 0 heterocycles. The summed E-state index contributed by atoms with van der Waals surface area (Å²) in [5, 5.41) is 14.0. The molecule has 29 heavy (non-hydrogen) atoms. The molecule has 0 spiro atoms. The predicted molar refractivity (Wildman–Crippen MR) is 108 cm³/mol. The van der Waals surface area contributed by atoms with Crippen molar-refractivity contribution in [3.63, 3.8) is 0 Å². The summed E-state index contributed by atoms with van der Waals surface area (Å²) in [5.41, 5.74) is 2.62. The summed E-state index contributed by atoms with van der Waals surface area (Å²) in [6, 6.07) is 17.7. The molecule has 1 N–H and O–H groups in total. The number of hydrogen-bond acceptors (Lipinski definition) is 4. The number of carbonyl (C=O) groups excluding carboxylic acids is 2. The summed E-state index contributed by atoms with van der Waals surface area (Å²) < 4.78 is 5.31. The quantitative estimate of drug-likeness (QED) is 0.684. The molecule has 2 atom stereocenters. The van der Waals surface area contributed by atoms with E-state index in [4.69, 9.17) is 4.74 Å². The van der Waals surface area contributed by atoms with Crippen LogP contribution < -0.4 is 40.0 Å². The van der Waals surface area contributed by atoms with E-state index in [9.17, 15) is 14.7 Å². The number of carbonyl (C=O) groups is 2. The van der Waals surface area contributed by atoms with E-state index in [1.807, 2.05) is 54.6 Å². The summed E-state index contributed by atoms with van der Waals surface area (Å²) in [7, 11) is 0. The Bertz CT molecular complexity index is 785. The Morgan fingerprint density at radius 2 is 1.55 bits per heavy atom. The van der Waals surface area contributed by atoms with E-state index in [-0.39, 0.29) is 42.0 Å². The van der Waals surface area contributed by atoms with Crippen LogP contribution in [0.25, 0.3) is 11.1 Å². The van der Waals surface area contributed by atoms with E-state index >= 15 is 0 Å². The van der Waals surface area contributed by atoms with Crippen LogP contribution in [0.15, 0.2) is 54.6 Å². The second-order valence-electron chi connectivity index (χ2n) is 8.07. The molecule has 6 heteroatoms. The van der Waals surface area contributed by atoms with Crippen LogP contribution >= 0.6 is 0 Å². The van der Waals surface area contributed by atoms with Gasteiger partial charge in [0.05, 0.1) is 0 Å². The topological polar surface area (TPSA) is 78.5 Å². The maximum atomic E-state index is 12.2. The van der Waals surface area contributed by atoms with Gasteiger partial charge in [0.1, 0.15) is 5.60 Å². The van der Waals surface area contributed by atoms with Crippen molar-refractivity contribution in [3.05, 3.63) is 60.2 Å². The van der Waals surface area contributed by atoms with Gasteiger partial charge in [-0.15, -0.1) is 0 Å². The van der Waals surface area contributed by atoms with E-state index in [1.165, 1.54) is 0 Å². The molecule has 0 aliphatic rings. The van der Waals surface area contributed by atoms with E-state index in [0.717, 1.165) is 16.7 Å². The number of benzene rings is 2. The molecule has 0 radical (unpaired) electrons. The van der Waals surface area contributed by atoms with Gasteiger partial charge in [-0.3, -0.25) is 0 Å². The fourth-order valence-electron chi connectivity index (χ4n) is 2.94. The average Bonchev–Trinajstić information content (AvgIpc) is 2.61. The predicted octanol–water partition coefficient (Wildman–Crippen LogP) is 0.570. The average molecular weight is 405 g/mol. The molecule has 0 fully saturated rings. The van der Waals surface area contributed by atoms with E-state index < -0.39 is 23.6 Å². The van der Waals surface area contributed by atoms with Gasteiger partial charge in [-0.25, -0.2) is 4.79 Å². The summed E-state index contributed by atoms with van der Waals surface area (Å²) in [5.74, 6) is -1.81. The molecule has 5 nitrogen and oxygen atoms in total. The molecule has 0 aliphatic heterocycles. The minimum Gasteiger partial charge on any atom is -0.550 e. The zero-order chi connectivity index (χ0) is 20.7. The van der Waals surface area contributed by atoms with Crippen LogP contribution in [0.3, 0.4) is 0 Å². The number of alkyl carbamates (subject to hydrolysis) is 1. The van der Waals surface area contributed by atoms with Crippen molar-refractivity contribution in [2.75, 3.05) is 0 Å². The molecule has 2 rings (SSSR count). The van der Waals surface area contributed by atoms with Gasteiger partial charge < -0.3 is 20.0 Å². The first-order valence-corrected chi connectivity index (χ1v) is 9.49. The fourth-order valence-corrected chi connectivity index (χ4v) is 2.94. The molecular weight excluding hydrogens is 377 g/mol. The Morgan fingerprint density at radius 3 is 2.07 bits per heavy atom. The van der Waals surface area contributed by atoms with Crippen molar-refractivity contribution in [3.8, 4) is 11.1 Å². The van der Waals surface area contributed by atoms with Crippen molar-refractivity contribution in [2.24, 2.45) is 5.92 Å². The Kier molecular flexibility index (Phi) is 9.90. The minimum absolute atomic E-state index is 0. The van der Waals surface area contributed by atoms with Gasteiger partial charge in [0.2, 0.25) is 0 Å². The van der Waals surface area contributed by atoms with Gasteiger partial charge in [-0.05, 0) is 56.2 Å². The number of carboxylic acid groups (broad SMARTS) is 1. The molecule has 2 aromatic carbocycles. The summed E-state index contributed by atoms with van der Waals surface area (Å²) in [4.78, 5) is 23.3. The van der Waals surface area contributed by atoms with Gasteiger partial charge in [-0.2, -0.15) is 0 Å². The minimum atomic E-state index is -1.13. The largest absolute Gasteiger partial charge is 1.00 e. The van der Waals surface area contributed by atoms with Gasteiger partial charge in [0.15, 0.2) is 0 Å². The Hall–Kier alpha value is -1.82. The molecule has 0 aliphatic carbocycles. The van der Waals surface area contributed by atoms with Gasteiger partial charge in [-0.1, -0.05) is 61.5 Å². The number of nitrogens with one attached hydrogen (secondary N) is 1. The zero-order valence-corrected chi connectivity index (χ0v) is 19.9. The molecule has 0 bridgehead atoms. The van der Waals surface area contributed by atoms with Gasteiger partial charge in [0, 0.05) is 12.0 Å². The SMILES string of the molecule is C[C@H](C[C@@H](Cc1ccc(-c2ccccc2)cc1)NC(=O)OC(C)(C)C)C(=O)[O-].[Na+]. The van der Waals surface area contributed by atoms with Crippen molar-refractivity contribution >= 4 is 12.1 Å². The summed E-state index contributed by atoms with van der Waals surface area (Å²) in [6.45, 7) is 6.94. The van der Waals surface area contributed by atoms with Crippen molar-refractivity contribution in [1.29, 1.82) is 0 Å². The van der Waals surface area contributed by atoms with Gasteiger partial charge in [0.25, 0.3) is 0 Å². The molecule has 150 valence electrons. The Balaban J connectivity index is 0.00000420. The van der Waals surface area contributed by atoms with Gasteiger partial charge >= 0.3 is 35.7 Å². The number of ether oxygens (including phenoxy) is 1. The third-order valence-corrected chi connectivity index (χ3v) is 4.30. The van der Waals surface area contributed by atoms with Crippen molar-refractivity contribution in [2.45, 2.75) is 52.2 Å². The molecule has 0 saturated heterocycles. The maximum absolute atomic E-state index is 12.2. The first-order valence-electron chi connectivity index (χ1n) is 9.49. The monoisotopic (exact) mass is 405 g/mol. The van der Waals surface area contributed by atoms with E-state index in [2.05, 4.69) is 5.32 Å². The molecule has 1 amide bonds. The van der Waals surface area contributed by atoms with Crippen LogP contribution in [0.1, 0.15) is 39.7 Å². The van der Waals surface area contributed by atoms with E-state index in [0.29, 0.717) is 6.42 Å². The molecule has 0 saturated carbocycles. The number of amides is 1. The second kappa shape index (κ2) is 11.4. The second-order valence-corrected chi connectivity index (χ2v) is 8.07. The zero-order valence-electron chi connectivity index (χ0n) is 17.9. The normalized spacial score (nSPS) is 13.0. The fraction of sp³-hybridized carbons (Fsp3) is 0.391. The standard InChI is InChI=1S/C23H29NO4.Na/c1-16(21(25)26)14-20(24-22(27)28-23(2,3)4)15-17-10-12-19(13-11-17)18-8-6-5-7-9-18;/h5-13,16,20H,14-15H2,1-4H3,(H,24,27)(H,25,26);/q;+1/p-1/t16-,20+;/m1./s1.